The number of hydrogen-bond donors (Lipinski definition) is 2. The predicted molar refractivity (Wildman–Crippen MR) is 64.5 cm³/mol. The first-order chi connectivity index (χ1) is 7.75. The number of aromatic nitrogens is 1. The quantitative estimate of drug-likeness (QED) is 0.835. The first kappa shape index (κ1) is 9.81. The average molecular weight is 232 g/mol. The fourth-order valence-electron chi connectivity index (χ4n) is 1.76. The Kier molecular flexibility index (Phi) is 2.19. The van der Waals surface area contributed by atoms with Crippen molar-refractivity contribution in [2.24, 2.45) is 5.73 Å². The van der Waals surface area contributed by atoms with Crippen molar-refractivity contribution in [1.29, 1.82) is 0 Å². The fourth-order valence-corrected chi connectivity index (χ4v) is 2.91. The van der Waals surface area contributed by atoms with E-state index in [1.54, 1.807) is 17.4 Å². The van der Waals surface area contributed by atoms with Gasteiger partial charge in [-0.05, 0) is 18.6 Å². The molecule has 0 bridgehead atoms. The van der Waals surface area contributed by atoms with Crippen molar-refractivity contribution < 1.29 is 5.11 Å². The van der Waals surface area contributed by atoms with Crippen LogP contribution in [-0.2, 0) is 0 Å². The Hall–Kier alpha value is -1.39. The summed E-state index contributed by atoms with van der Waals surface area (Å²) in [6, 6.07) is 7.61. The highest BCUT2D eigenvalue weighted by molar-refractivity contribution is 7.15. The summed E-state index contributed by atoms with van der Waals surface area (Å²) in [4.78, 5) is 5.38. The molecule has 0 aliphatic heterocycles. The van der Waals surface area contributed by atoms with Gasteiger partial charge < -0.3 is 10.8 Å². The molecule has 1 saturated carbocycles. The van der Waals surface area contributed by atoms with Gasteiger partial charge in [0, 0.05) is 23.7 Å². The molecule has 3 nitrogen and oxygen atoms in total. The predicted octanol–water partition coefficient (Wildman–Crippen LogP) is 2.33. The second kappa shape index (κ2) is 3.57. The molecule has 1 aliphatic rings. The standard InChI is InChI=1S/C12H12N2OS/c13-9-5-8(9)12-14-6-11(16-12)7-3-1-2-4-10(7)15/h1-4,6,8-9,15H,5,13H2/t8-,9-/m1/s1. The zero-order valence-corrected chi connectivity index (χ0v) is 9.45. The Morgan fingerprint density at radius 1 is 1.38 bits per heavy atom. The average Bonchev–Trinajstić information content (AvgIpc) is 2.82. The number of nitrogens with zero attached hydrogens (tertiary/aromatic N) is 1. The minimum Gasteiger partial charge on any atom is -0.507 e. The molecule has 2 aromatic rings. The van der Waals surface area contributed by atoms with E-state index in [2.05, 4.69) is 4.98 Å². The number of aromatic hydroxyl groups is 1. The Balaban J connectivity index is 1.95. The normalized spacial score (nSPS) is 23.3. The van der Waals surface area contributed by atoms with Gasteiger partial charge in [0.1, 0.15) is 5.75 Å². The first-order valence-electron chi connectivity index (χ1n) is 5.25. The third kappa shape index (κ3) is 1.60. The van der Waals surface area contributed by atoms with Gasteiger partial charge in [0.05, 0.1) is 9.88 Å². The topological polar surface area (TPSA) is 59.1 Å². The maximum absolute atomic E-state index is 9.73. The number of hydrogen-bond acceptors (Lipinski definition) is 4. The van der Waals surface area contributed by atoms with Crippen molar-refractivity contribution in [1.82, 2.24) is 4.98 Å². The van der Waals surface area contributed by atoms with Crippen LogP contribution in [0.1, 0.15) is 17.3 Å². The summed E-state index contributed by atoms with van der Waals surface area (Å²) in [5.41, 5.74) is 6.64. The highest BCUT2D eigenvalue weighted by atomic mass is 32.1. The Morgan fingerprint density at radius 3 is 2.81 bits per heavy atom. The first-order valence-corrected chi connectivity index (χ1v) is 6.07. The molecule has 1 fully saturated rings. The summed E-state index contributed by atoms with van der Waals surface area (Å²) in [6.45, 7) is 0. The highest BCUT2D eigenvalue weighted by Gasteiger charge is 2.37. The van der Waals surface area contributed by atoms with Crippen LogP contribution in [0.3, 0.4) is 0 Å². The molecule has 3 N–H and O–H groups in total. The maximum atomic E-state index is 9.73. The lowest BCUT2D eigenvalue weighted by Crippen LogP contribution is -2.00. The molecule has 1 aromatic carbocycles. The summed E-state index contributed by atoms with van der Waals surface area (Å²) in [6.07, 6.45) is 2.85. The number of thiazole rings is 1. The molecule has 1 heterocycles. The van der Waals surface area contributed by atoms with Gasteiger partial charge >= 0.3 is 0 Å². The van der Waals surface area contributed by atoms with E-state index in [9.17, 15) is 5.11 Å². The molecular formula is C12H12N2OS. The van der Waals surface area contributed by atoms with Crippen LogP contribution in [0.4, 0.5) is 0 Å². The molecule has 16 heavy (non-hydrogen) atoms. The van der Waals surface area contributed by atoms with Crippen LogP contribution in [0.2, 0.25) is 0 Å². The fraction of sp³-hybridized carbons (Fsp3) is 0.250. The zero-order chi connectivity index (χ0) is 11.1. The number of rotatable bonds is 2. The van der Waals surface area contributed by atoms with Crippen LogP contribution < -0.4 is 5.73 Å². The molecule has 1 aromatic heterocycles. The van der Waals surface area contributed by atoms with Gasteiger partial charge in [-0.25, -0.2) is 4.98 Å². The molecule has 0 saturated heterocycles. The van der Waals surface area contributed by atoms with Crippen LogP contribution in [0, 0.1) is 0 Å². The Morgan fingerprint density at radius 2 is 2.12 bits per heavy atom. The van der Waals surface area contributed by atoms with E-state index in [1.165, 1.54) is 0 Å². The largest absolute Gasteiger partial charge is 0.507 e. The monoisotopic (exact) mass is 232 g/mol. The lowest BCUT2D eigenvalue weighted by Gasteiger charge is -1.99. The van der Waals surface area contributed by atoms with E-state index in [-0.39, 0.29) is 6.04 Å². The van der Waals surface area contributed by atoms with E-state index >= 15 is 0 Å². The van der Waals surface area contributed by atoms with Crippen molar-refractivity contribution >= 4 is 11.3 Å². The van der Waals surface area contributed by atoms with Crippen molar-refractivity contribution in [2.45, 2.75) is 18.4 Å². The summed E-state index contributed by atoms with van der Waals surface area (Å²) in [5.74, 6) is 0.738. The van der Waals surface area contributed by atoms with Gasteiger partial charge in [0.15, 0.2) is 0 Å². The van der Waals surface area contributed by atoms with Crippen LogP contribution in [0.5, 0.6) is 5.75 Å². The SMILES string of the molecule is N[C@@H]1C[C@H]1c1ncc(-c2ccccc2O)s1. The molecule has 4 heteroatoms. The minimum atomic E-state index is 0.281. The molecule has 0 amide bonds. The van der Waals surface area contributed by atoms with Gasteiger partial charge in [-0.15, -0.1) is 11.3 Å². The van der Waals surface area contributed by atoms with E-state index in [0.29, 0.717) is 11.7 Å². The summed E-state index contributed by atoms with van der Waals surface area (Å²) >= 11 is 1.62. The lowest BCUT2D eigenvalue weighted by atomic mass is 10.2. The van der Waals surface area contributed by atoms with Crippen molar-refractivity contribution in [3.63, 3.8) is 0 Å². The zero-order valence-electron chi connectivity index (χ0n) is 8.63. The van der Waals surface area contributed by atoms with E-state index in [1.807, 2.05) is 24.4 Å². The molecule has 2 atom stereocenters. The summed E-state index contributed by atoms with van der Waals surface area (Å²) in [5, 5.41) is 10.8. The maximum Gasteiger partial charge on any atom is 0.124 e. The smallest absolute Gasteiger partial charge is 0.124 e. The number of phenols is 1. The van der Waals surface area contributed by atoms with Crippen LogP contribution in [0.15, 0.2) is 30.5 Å². The van der Waals surface area contributed by atoms with Gasteiger partial charge in [0.25, 0.3) is 0 Å². The van der Waals surface area contributed by atoms with Gasteiger partial charge in [0.2, 0.25) is 0 Å². The molecule has 82 valence electrons. The molecule has 0 radical (unpaired) electrons. The van der Waals surface area contributed by atoms with Crippen molar-refractivity contribution in [2.75, 3.05) is 0 Å². The summed E-state index contributed by atoms with van der Waals surface area (Å²) < 4.78 is 0. The van der Waals surface area contributed by atoms with Crippen molar-refractivity contribution in [3.05, 3.63) is 35.5 Å². The Labute approximate surface area is 97.6 Å². The summed E-state index contributed by atoms with van der Waals surface area (Å²) in [7, 11) is 0. The minimum absolute atomic E-state index is 0.281. The second-order valence-corrected chi connectivity index (χ2v) is 5.15. The van der Waals surface area contributed by atoms with Gasteiger partial charge in [-0.1, -0.05) is 12.1 Å². The second-order valence-electron chi connectivity index (χ2n) is 4.09. The van der Waals surface area contributed by atoms with E-state index in [4.69, 9.17) is 5.73 Å². The molecule has 0 spiro atoms. The Bertz CT molecular complexity index is 523. The lowest BCUT2D eigenvalue weighted by molar-refractivity contribution is 0.477. The van der Waals surface area contributed by atoms with Crippen molar-refractivity contribution in [3.8, 4) is 16.2 Å². The number of para-hydroxylation sites is 1. The third-order valence-corrected chi connectivity index (χ3v) is 4.01. The molecular weight excluding hydrogens is 220 g/mol. The molecule has 0 unspecified atom stereocenters. The molecule has 3 rings (SSSR count). The van der Waals surface area contributed by atoms with E-state index in [0.717, 1.165) is 21.9 Å². The highest BCUT2D eigenvalue weighted by Crippen LogP contribution is 2.43. The number of nitrogens with two attached hydrogens (primary N) is 1. The third-order valence-electron chi connectivity index (χ3n) is 2.85. The van der Waals surface area contributed by atoms with E-state index < -0.39 is 0 Å². The van der Waals surface area contributed by atoms with Gasteiger partial charge in [-0.3, -0.25) is 0 Å². The van der Waals surface area contributed by atoms with Gasteiger partial charge in [-0.2, -0.15) is 0 Å². The van der Waals surface area contributed by atoms with Crippen LogP contribution in [0.25, 0.3) is 10.4 Å². The number of phenolic OH excluding ortho intramolecular Hbond substituents is 1. The molecule has 1 aliphatic carbocycles. The number of benzene rings is 1. The van der Waals surface area contributed by atoms with Crippen LogP contribution in [-0.4, -0.2) is 16.1 Å². The van der Waals surface area contributed by atoms with Crippen LogP contribution >= 0.6 is 11.3 Å².